The van der Waals surface area contributed by atoms with E-state index in [0.717, 1.165) is 12.8 Å². The fourth-order valence-electron chi connectivity index (χ4n) is 1.88. The molecule has 19 heavy (non-hydrogen) atoms. The predicted molar refractivity (Wildman–Crippen MR) is 73.4 cm³/mol. The van der Waals surface area contributed by atoms with Crippen molar-refractivity contribution in [2.24, 2.45) is 0 Å². The fourth-order valence-corrected chi connectivity index (χ4v) is 1.95. The number of alkyl halides is 1. The van der Waals surface area contributed by atoms with E-state index in [9.17, 15) is 9.59 Å². The summed E-state index contributed by atoms with van der Waals surface area (Å²) in [7, 11) is 0. The minimum atomic E-state index is -0.406. The largest absolute Gasteiger partial charge is 0.368 e. The van der Waals surface area contributed by atoms with Gasteiger partial charge in [0, 0.05) is 6.61 Å². The van der Waals surface area contributed by atoms with Gasteiger partial charge >= 0.3 is 0 Å². The number of carbonyl (C=O) groups excluding carboxylic acids is 2. The van der Waals surface area contributed by atoms with E-state index in [-0.39, 0.29) is 17.7 Å². The number of hydrogen-bond donors (Lipinski definition) is 2. The van der Waals surface area contributed by atoms with E-state index in [2.05, 4.69) is 10.6 Å². The Morgan fingerprint density at radius 3 is 2.53 bits per heavy atom. The molecule has 1 heterocycles. The molecule has 0 unspecified atom stereocenters. The van der Waals surface area contributed by atoms with Crippen LogP contribution in [0.4, 0.5) is 11.4 Å². The minimum Gasteiger partial charge on any atom is -0.368 e. The van der Waals surface area contributed by atoms with E-state index in [4.69, 9.17) is 16.3 Å². The summed E-state index contributed by atoms with van der Waals surface area (Å²) in [5.74, 6) is -0.640. The number of hydrogen-bond acceptors (Lipinski definition) is 3. The van der Waals surface area contributed by atoms with Gasteiger partial charge in [-0.2, -0.15) is 0 Å². The van der Waals surface area contributed by atoms with Gasteiger partial charge in [0.05, 0.1) is 11.4 Å². The number of amides is 2. The highest BCUT2D eigenvalue weighted by atomic mass is 35.5. The summed E-state index contributed by atoms with van der Waals surface area (Å²) in [4.78, 5) is 23.2. The third-order valence-electron chi connectivity index (χ3n) is 2.80. The SMILES string of the molecule is O=C(CCl)Nc1ccccc1NC(=O)[C@H]1CCCO1. The van der Waals surface area contributed by atoms with Crippen LogP contribution in [-0.2, 0) is 14.3 Å². The smallest absolute Gasteiger partial charge is 0.253 e. The highest BCUT2D eigenvalue weighted by Gasteiger charge is 2.24. The minimum absolute atomic E-state index is 0.131. The van der Waals surface area contributed by atoms with Gasteiger partial charge in [-0.1, -0.05) is 12.1 Å². The molecule has 0 radical (unpaired) electrons. The lowest BCUT2D eigenvalue weighted by atomic mass is 10.2. The molecule has 6 heteroatoms. The lowest BCUT2D eigenvalue weighted by molar-refractivity contribution is -0.124. The summed E-state index contributed by atoms with van der Waals surface area (Å²) < 4.78 is 5.31. The van der Waals surface area contributed by atoms with E-state index < -0.39 is 6.10 Å². The predicted octanol–water partition coefficient (Wildman–Crippen LogP) is 1.98. The zero-order valence-corrected chi connectivity index (χ0v) is 11.1. The summed E-state index contributed by atoms with van der Waals surface area (Å²) >= 11 is 5.44. The molecule has 2 amide bonds. The van der Waals surface area contributed by atoms with Gasteiger partial charge in [0.1, 0.15) is 12.0 Å². The monoisotopic (exact) mass is 282 g/mol. The third-order valence-corrected chi connectivity index (χ3v) is 3.05. The first-order valence-corrected chi connectivity index (χ1v) is 6.61. The highest BCUT2D eigenvalue weighted by molar-refractivity contribution is 6.29. The number of rotatable bonds is 4. The normalized spacial score (nSPS) is 18.1. The van der Waals surface area contributed by atoms with Crippen molar-refractivity contribution < 1.29 is 14.3 Å². The maximum atomic E-state index is 11.9. The van der Waals surface area contributed by atoms with Crippen LogP contribution in [0.25, 0.3) is 0 Å². The maximum Gasteiger partial charge on any atom is 0.253 e. The first kappa shape index (κ1) is 13.8. The molecule has 1 fully saturated rings. The highest BCUT2D eigenvalue weighted by Crippen LogP contribution is 2.22. The molecule has 0 saturated carbocycles. The molecule has 102 valence electrons. The van der Waals surface area contributed by atoms with Crippen LogP contribution in [0, 0.1) is 0 Å². The quantitative estimate of drug-likeness (QED) is 0.830. The lowest BCUT2D eigenvalue weighted by Gasteiger charge is -2.14. The van der Waals surface area contributed by atoms with Crippen LogP contribution in [0.15, 0.2) is 24.3 Å². The molecule has 1 saturated heterocycles. The van der Waals surface area contributed by atoms with Crippen molar-refractivity contribution in [2.75, 3.05) is 23.1 Å². The number of para-hydroxylation sites is 2. The van der Waals surface area contributed by atoms with E-state index in [1.165, 1.54) is 0 Å². The summed E-state index contributed by atoms with van der Waals surface area (Å²) in [5, 5.41) is 5.39. The Hall–Kier alpha value is -1.59. The Kier molecular flexibility index (Phi) is 4.76. The van der Waals surface area contributed by atoms with Crippen LogP contribution in [0.1, 0.15) is 12.8 Å². The van der Waals surface area contributed by atoms with Crippen molar-refractivity contribution in [3.63, 3.8) is 0 Å². The molecule has 1 aliphatic rings. The molecule has 1 aliphatic heterocycles. The van der Waals surface area contributed by atoms with Gasteiger partial charge < -0.3 is 15.4 Å². The maximum absolute atomic E-state index is 11.9. The Morgan fingerprint density at radius 1 is 1.26 bits per heavy atom. The van der Waals surface area contributed by atoms with Gasteiger partial charge in [-0.15, -0.1) is 11.6 Å². The van der Waals surface area contributed by atoms with E-state index in [1.807, 2.05) is 0 Å². The second kappa shape index (κ2) is 6.54. The number of anilines is 2. The van der Waals surface area contributed by atoms with Crippen molar-refractivity contribution in [3.8, 4) is 0 Å². The van der Waals surface area contributed by atoms with E-state index in [0.29, 0.717) is 18.0 Å². The van der Waals surface area contributed by atoms with Crippen LogP contribution >= 0.6 is 11.6 Å². The molecule has 2 rings (SSSR count). The van der Waals surface area contributed by atoms with Gasteiger partial charge in [-0.3, -0.25) is 9.59 Å². The molecule has 0 aromatic heterocycles. The number of benzene rings is 1. The second-order valence-electron chi connectivity index (χ2n) is 4.22. The summed E-state index contributed by atoms with van der Waals surface area (Å²) in [6.45, 7) is 0.614. The van der Waals surface area contributed by atoms with Crippen molar-refractivity contribution in [3.05, 3.63) is 24.3 Å². The number of carbonyl (C=O) groups is 2. The van der Waals surface area contributed by atoms with Crippen LogP contribution < -0.4 is 10.6 Å². The molecule has 5 nitrogen and oxygen atoms in total. The Morgan fingerprint density at radius 2 is 1.95 bits per heavy atom. The van der Waals surface area contributed by atoms with Crippen molar-refractivity contribution in [1.29, 1.82) is 0 Å². The van der Waals surface area contributed by atoms with Gasteiger partial charge in [0.15, 0.2) is 0 Å². The Labute approximate surface area is 116 Å². The molecular formula is C13H15ClN2O3. The zero-order valence-electron chi connectivity index (χ0n) is 10.3. The van der Waals surface area contributed by atoms with Gasteiger partial charge in [-0.25, -0.2) is 0 Å². The average molecular weight is 283 g/mol. The average Bonchev–Trinajstić information content (AvgIpc) is 2.95. The fraction of sp³-hybridized carbons (Fsp3) is 0.385. The van der Waals surface area contributed by atoms with Crippen LogP contribution in [0.2, 0.25) is 0 Å². The third kappa shape index (κ3) is 3.68. The molecule has 1 atom stereocenters. The molecule has 0 bridgehead atoms. The summed E-state index contributed by atoms with van der Waals surface area (Å²) in [6.07, 6.45) is 1.21. The van der Waals surface area contributed by atoms with Crippen molar-refractivity contribution in [2.45, 2.75) is 18.9 Å². The molecule has 1 aromatic rings. The first-order valence-electron chi connectivity index (χ1n) is 6.08. The molecular weight excluding hydrogens is 268 g/mol. The molecule has 2 N–H and O–H groups in total. The Balaban J connectivity index is 2.06. The molecule has 1 aromatic carbocycles. The number of ether oxygens (including phenoxy) is 1. The topological polar surface area (TPSA) is 67.4 Å². The Bertz CT molecular complexity index is 473. The second-order valence-corrected chi connectivity index (χ2v) is 4.49. The number of nitrogens with one attached hydrogen (secondary N) is 2. The van der Waals surface area contributed by atoms with Gasteiger partial charge in [-0.05, 0) is 25.0 Å². The lowest BCUT2D eigenvalue weighted by Crippen LogP contribution is -2.27. The summed E-state index contributed by atoms with van der Waals surface area (Å²) in [6, 6.07) is 6.97. The summed E-state index contributed by atoms with van der Waals surface area (Å²) in [5.41, 5.74) is 1.07. The molecule has 0 spiro atoms. The van der Waals surface area contributed by atoms with Gasteiger partial charge in [0.2, 0.25) is 5.91 Å². The van der Waals surface area contributed by atoms with Crippen molar-refractivity contribution in [1.82, 2.24) is 0 Å². The van der Waals surface area contributed by atoms with Crippen molar-refractivity contribution >= 4 is 34.8 Å². The van der Waals surface area contributed by atoms with Crippen LogP contribution in [-0.4, -0.2) is 30.4 Å². The molecule has 0 aliphatic carbocycles. The van der Waals surface area contributed by atoms with E-state index in [1.54, 1.807) is 24.3 Å². The zero-order chi connectivity index (χ0) is 13.7. The first-order chi connectivity index (χ1) is 9.20. The van der Waals surface area contributed by atoms with Crippen LogP contribution in [0.3, 0.4) is 0 Å². The standard InChI is InChI=1S/C13H15ClN2O3/c14-8-12(17)15-9-4-1-2-5-10(9)16-13(18)11-6-3-7-19-11/h1-2,4-5,11H,3,6-8H2,(H,15,17)(H,16,18)/t11-/m1/s1. The number of halogens is 1. The van der Waals surface area contributed by atoms with Crippen LogP contribution in [0.5, 0.6) is 0 Å². The van der Waals surface area contributed by atoms with Gasteiger partial charge in [0.25, 0.3) is 5.91 Å². The van der Waals surface area contributed by atoms with E-state index >= 15 is 0 Å².